The van der Waals surface area contributed by atoms with Crippen LogP contribution >= 0.6 is 23.2 Å². The van der Waals surface area contributed by atoms with Crippen LogP contribution in [0.5, 0.6) is 0 Å². The first kappa shape index (κ1) is 43.2. The van der Waals surface area contributed by atoms with E-state index in [9.17, 15) is 36.8 Å². The molecule has 3 aliphatic heterocycles. The molecule has 5 atom stereocenters. The Morgan fingerprint density at radius 2 is 1.73 bits per heavy atom. The van der Waals surface area contributed by atoms with Crippen LogP contribution in [0.25, 0.3) is 0 Å². The molecular weight excluding hydrogens is 792 g/mol. The lowest BCUT2D eigenvalue weighted by atomic mass is 10.0. The molecule has 56 heavy (non-hydrogen) atoms. The third-order valence-electron chi connectivity index (χ3n) is 10.4. The predicted molar refractivity (Wildman–Crippen MR) is 207 cm³/mol. The summed E-state index contributed by atoms with van der Waals surface area (Å²) in [5.41, 5.74) is -2.03. The van der Waals surface area contributed by atoms with Crippen molar-refractivity contribution in [1.29, 1.82) is 0 Å². The summed E-state index contributed by atoms with van der Waals surface area (Å²) in [6, 6.07) is 2.15. The lowest BCUT2D eigenvalue weighted by Gasteiger charge is -2.30. The topological polar surface area (TPSA) is 181 Å². The van der Waals surface area contributed by atoms with Gasteiger partial charge in [-0.1, -0.05) is 73.5 Å². The molecule has 2 saturated heterocycles. The number of hydrogen-bond acceptors (Lipinski definition) is 9. The number of rotatable bonds is 7. The number of hydrogen-bond donors (Lipinski definition) is 3. The maximum absolute atomic E-state index is 14.4. The summed E-state index contributed by atoms with van der Waals surface area (Å²) >= 11 is 12.4. The zero-order valence-electron chi connectivity index (χ0n) is 32.0. The van der Waals surface area contributed by atoms with Crippen molar-refractivity contribution in [3.8, 4) is 0 Å². The maximum atomic E-state index is 14.4. The molecule has 14 nitrogen and oxygen atoms in total. The van der Waals surface area contributed by atoms with Gasteiger partial charge in [0, 0.05) is 34.1 Å². The minimum absolute atomic E-state index is 0.0270. The minimum atomic E-state index is -4.35. The van der Waals surface area contributed by atoms with E-state index in [-0.39, 0.29) is 54.5 Å². The summed E-state index contributed by atoms with van der Waals surface area (Å²) in [6.07, 6.45) is 4.65. The van der Waals surface area contributed by atoms with Gasteiger partial charge in [-0.15, -0.1) is 0 Å². The lowest BCUT2D eigenvalue weighted by Crippen LogP contribution is -2.58. The summed E-state index contributed by atoms with van der Waals surface area (Å²) in [5.74, 6) is -3.86. The SMILES string of the molecule is C/C=C(/F)C1=CCN(C(=O)O[C@@H]2C[C@H]3C(=O)N[C@]4(C(=O)NS(=O)(=O)Cc5c(Cl)cccc5Cl)C[C@@H]4CCCCCCC[C@H](NC(=O)OC(C)(C)C)C(=O)N3C2)C1. The Balaban J connectivity index is 1.40. The van der Waals surface area contributed by atoms with Crippen LogP contribution < -0.4 is 15.4 Å². The largest absolute Gasteiger partial charge is 0.444 e. The smallest absolute Gasteiger partial charge is 0.410 e. The van der Waals surface area contributed by atoms with Crippen molar-refractivity contribution < 1.29 is 46.3 Å². The molecular formula is C38H50Cl2FN5O9S. The van der Waals surface area contributed by atoms with Crippen molar-refractivity contribution in [3.63, 3.8) is 0 Å². The summed E-state index contributed by atoms with van der Waals surface area (Å²) in [5, 5.41) is 5.67. The van der Waals surface area contributed by atoms with Gasteiger partial charge in [-0.25, -0.2) is 22.4 Å². The Kier molecular flexibility index (Phi) is 13.7. The average Bonchev–Trinajstić information content (AvgIpc) is 3.40. The van der Waals surface area contributed by atoms with Gasteiger partial charge >= 0.3 is 12.2 Å². The van der Waals surface area contributed by atoms with Gasteiger partial charge in [-0.2, -0.15) is 0 Å². The standard InChI is InChI=1S/C38H50Cl2FN5O9S/c1-5-29(41)23-16-17-45(20-23)36(51)54-25-18-31-32(47)43-38(34(49)44-56(52,53)22-26-27(39)13-11-14-28(26)40)19-24(38)12-9-7-6-8-10-15-30(33(48)46(31)21-25)42-35(50)55-37(2,3)4/h5,11,13-14,16,24-25,30-31H,6-10,12,15,17-22H2,1-4H3,(H,42,50)(H,43,47)(H,44,49)/b29-5+/t24-,25+,30-,31-,38+/m0/s1. The van der Waals surface area contributed by atoms with Crippen molar-refractivity contribution >= 4 is 63.1 Å². The Labute approximate surface area is 336 Å². The van der Waals surface area contributed by atoms with Crippen LogP contribution in [-0.2, 0) is 39.6 Å². The number of halogens is 3. The van der Waals surface area contributed by atoms with Crippen molar-refractivity contribution in [2.45, 2.75) is 121 Å². The molecule has 1 aromatic carbocycles. The first-order valence-electron chi connectivity index (χ1n) is 18.9. The van der Waals surface area contributed by atoms with Gasteiger partial charge in [-0.05, 0) is 65.0 Å². The van der Waals surface area contributed by atoms with E-state index in [2.05, 4.69) is 15.4 Å². The monoisotopic (exact) mass is 841 g/mol. The molecule has 1 saturated carbocycles. The number of alkyl carbamates (subject to hydrolysis) is 1. The number of carbonyl (C=O) groups is 5. The van der Waals surface area contributed by atoms with Crippen molar-refractivity contribution in [2.75, 3.05) is 19.6 Å². The molecule has 4 aliphatic rings. The number of ether oxygens (including phenoxy) is 2. The second-order valence-corrected chi connectivity index (χ2v) is 18.3. The molecule has 3 N–H and O–H groups in total. The molecule has 0 spiro atoms. The second-order valence-electron chi connectivity index (χ2n) is 15.8. The number of nitrogens with zero attached hydrogens (tertiary/aromatic N) is 2. The van der Waals surface area contributed by atoms with E-state index >= 15 is 0 Å². The zero-order valence-corrected chi connectivity index (χ0v) is 34.3. The minimum Gasteiger partial charge on any atom is -0.444 e. The molecule has 0 aromatic heterocycles. The third-order valence-corrected chi connectivity index (χ3v) is 12.3. The van der Waals surface area contributed by atoms with E-state index in [0.29, 0.717) is 24.8 Å². The summed E-state index contributed by atoms with van der Waals surface area (Å²) in [7, 11) is -4.35. The Hall–Kier alpha value is -3.89. The van der Waals surface area contributed by atoms with Gasteiger partial charge in [0.2, 0.25) is 21.8 Å². The molecule has 5 rings (SSSR count). The highest BCUT2D eigenvalue weighted by Gasteiger charge is 2.62. The normalized spacial score (nSPS) is 26.5. The highest BCUT2D eigenvalue weighted by molar-refractivity contribution is 7.89. The van der Waals surface area contributed by atoms with Crippen LogP contribution in [0, 0.1) is 5.92 Å². The van der Waals surface area contributed by atoms with E-state index in [0.717, 1.165) is 19.3 Å². The summed E-state index contributed by atoms with van der Waals surface area (Å²) in [6.45, 7) is 6.45. The van der Waals surface area contributed by atoms with Crippen LogP contribution in [0.15, 0.2) is 41.8 Å². The molecule has 308 valence electrons. The van der Waals surface area contributed by atoms with E-state index in [1.807, 2.05) is 0 Å². The third kappa shape index (κ3) is 10.7. The fourth-order valence-electron chi connectivity index (χ4n) is 7.42. The molecule has 5 amide bonds. The van der Waals surface area contributed by atoms with Crippen molar-refractivity contribution in [2.24, 2.45) is 5.92 Å². The molecule has 1 aliphatic carbocycles. The van der Waals surface area contributed by atoms with Gasteiger partial charge in [0.05, 0.1) is 18.8 Å². The van der Waals surface area contributed by atoms with Crippen LogP contribution in [-0.4, -0.2) is 97.1 Å². The molecule has 3 fully saturated rings. The maximum Gasteiger partial charge on any atom is 0.410 e. The van der Waals surface area contributed by atoms with Crippen LogP contribution in [0.2, 0.25) is 10.0 Å². The summed E-state index contributed by atoms with van der Waals surface area (Å²) < 4.78 is 54.2. The number of fused-ring (bicyclic) bond motifs is 2. The molecule has 18 heteroatoms. The van der Waals surface area contributed by atoms with Gasteiger partial charge in [0.25, 0.3) is 5.91 Å². The van der Waals surface area contributed by atoms with Gasteiger partial charge in [-0.3, -0.25) is 19.1 Å². The first-order chi connectivity index (χ1) is 26.3. The highest BCUT2D eigenvalue weighted by Crippen LogP contribution is 2.48. The molecule has 3 heterocycles. The molecule has 0 radical (unpaired) electrons. The number of benzene rings is 1. The number of sulfonamides is 1. The number of carbonyl (C=O) groups excluding carboxylic acids is 5. The molecule has 0 unspecified atom stereocenters. The highest BCUT2D eigenvalue weighted by atomic mass is 35.5. The van der Waals surface area contributed by atoms with Gasteiger partial charge in [0.15, 0.2) is 0 Å². The number of nitrogens with one attached hydrogen (secondary N) is 3. The number of amides is 5. The number of allylic oxidation sites excluding steroid dienone is 1. The summed E-state index contributed by atoms with van der Waals surface area (Å²) in [4.78, 5) is 71.3. The van der Waals surface area contributed by atoms with E-state index in [1.165, 1.54) is 34.9 Å². The van der Waals surface area contributed by atoms with Gasteiger partial charge < -0.3 is 29.9 Å². The Bertz CT molecular complexity index is 1870. The average molecular weight is 843 g/mol. The first-order valence-corrected chi connectivity index (χ1v) is 21.3. The van der Waals surface area contributed by atoms with Crippen LogP contribution in [0.4, 0.5) is 14.0 Å². The second kappa shape index (κ2) is 17.7. The Morgan fingerprint density at radius 1 is 1.07 bits per heavy atom. The lowest BCUT2D eigenvalue weighted by molar-refractivity contribution is -0.141. The van der Waals surface area contributed by atoms with Crippen LogP contribution in [0.1, 0.15) is 91.0 Å². The molecule has 1 aromatic rings. The van der Waals surface area contributed by atoms with Crippen molar-refractivity contribution in [1.82, 2.24) is 25.2 Å². The Morgan fingerprint density at radius 3 is 2.39 bits per heavy atom. The van der Waals surface area contributed by atoms with E-state index in [1.54, 1.807) is 32.9 Å². The van der Waals surface area contributed by atoms with Crippen molar-refractivity contribution in [3.05, 3.63) is 57.4 Å². The van der Waals surface area contributed by atoms with E-state index < -0.39 is 86.8 Å². The van der Waals surface area contributed by atoms with Crippen LogP contribution in [0.3, 0.4) is 0 Å². The fourth-order valence-corrected chi connectivity index (χ4v) is 9.34. The molecule has 0 bridgehead atoms. The van der Waals surface area contributed by atoms with E-state index in [4.69, 9.17) is 32.7 Å². The quantitative estimate of drug-likeness (QED) is 0.312. The predicted octanol–water partition coefficient (Wildman–Crippen LogP) is 5.67. The zero-order chi connectivity index (χ0) is 41.0. The van der Waals surface area contributed by atoms with Gasteiger partial charge in [0.1, 0.15) is 35.2 Å². The fraction of sp³-hybridized carbons (Fsp3) is 0.605.